The van der Waals surface area contributed by atoms with E-state index in [1.807, 2.05) is 63.9 Å². The highest BCUT2D eigenvalue weighted by atomic mass is 16.6. The molecule has 4 atom stereocenters. The number of hydrogen-bond donors (Lipinski definition) is 1. The van der Waals surface area contributed by atoms with E-state index in [0.717, 1.165) is 42.7 Å². The van der Waals surface area contributed by atoms with E-state index in [0.29, 0.717) is 38.3 Å². The molecule has 0 aliphatic carbocycles. The lowest BCUT2D eigenvalue weighted by Crippen LogP contribution is -2.56. The molecule has 1 aliphatic rings. The zero-order chi connectivity index (χ0) is 36.2. The first-order valence-electron chi connectivity index (χ1n) is 18.0. The third-order valence-corrected chi connectivity index (χ3v) is 9.28. The van der Waals surface area contributed by atoms with Crippen LogP contribution in [0.5, 0.6) is 11.5 Å². The summed E-state index contributed by atoms with van der Waals surface area (Å²) >= 11 is 0. The zero-order valence-corrected chi connectivity index (χ0v) is 32.0. The van der Waals surface area contributed by atoms with Crippen LogP contribution in [0.3, 0.4) is 0 Å². The van der Waals surface area contributed by atoms with E-state index < -0.39 is 17.4 Å². The number of methoxy groups -OCH3 is 2. The van der Waals surface area contributed by atoms with Crippen LogP contribution in [0, 0.1) is 23.7 Å². The number of nitrogens with zero attached hydrogens (tertiary/aromatic N) is 1. The normalized spacial score (nSPS) is 19.2. The Labute approximate surface area is 296 Å². The highest BCUT2D eigenvalue weighted by Gasteiger charge is 2.50. The van der Waals surface area contributed by atoms with E-state index in [1.165, 1.54) is 5.56 Å². The van der Waals surface area contributed by atoms with Crippen molar-refractivity contribution in [1.29, 1.82) is 0 Å². The number of carbonyl (C=O) groups is 1. The number of hydrogen-bond acceptors (Lipinski definition) is 8. The maximum atomic E-state index is 13.2. The summed E-state index contributed by atoms with van der Waals surface area (Å²) in [6.07, 6.45) is 2.65. The highest BCUT2D eigenvalue weighted by Crippen LogP contribution is 2.40. The molecule has 0 bridgehead atoms. The van der Waals surface area contributed by atoms with E-state index in [1.54, 1.807) is 14.2 Å². The van der Waals surface area contributed by atoms with Gasteiger partial charge in [0.05, 0.1) is 39.1 Å². The highest BCUT2D eigenvalue weighted by molar-refractivity contribution is 5.67. The second-order valence-electron chi connectivity index (χ2n) is 15.5. The van der Waals surface area contributed by atoms with Crippen molar-refractivity contribution in [2.24, 2.45) is 23.7 Å². The Bertz CT molecular complexity index is 1260. The lowest BCUT2D eigenvalue weighted by molar-refractivity contribution is -0.101. The van der Waals surface area contributed by atoms with Gasteiger partial charge in [0.2, 0.25) is 0 Å². The van der Waals surface area contributed by atoms with E-state index in [-0.39, 0.29) is 24.0 Å². The fourth-order valence-electron chi connectivity index (χ4n) is 6.43. The summed E-state index contributed by atoms with van der Waals surface area (Å²) in [6, 6.07) is 16.4. The third kappa shape index (κ3) is 13.1. The van der Waals surface area contributed by atoms with Gasteiger partial charge in [0, 0.05) is 20.1 Å². The van der Waals surface area contributed by atoms with Gasteiger partial charge >= 0.3 is 6.09 Å². The van der Waals surface area contributed by atoms with Crippen LogP contribution in [0.15, 0.2) is 48.5 Å². The minimum atomic E-state index is -0.747. The Hall–Kier alpha value is -2.85. The Morgan fingerprint density at radius 1 is 0.918 bits per heavy atom. The van der Waals surface area contributed by atoms with Crippen LogP contribution in [0.4, 0.5) is 4.79 Å². The first kappa shape index (κ1) is 40.6. The van der Waals surface area contributed by atoms with Crippen molar-refractivity contribution < 1.29 is 33.2 Å². The molecule has 1 heterocycles. The van der Waals surface area contributed by atoms with Crippen molar-refractivity contribution in [3.8, 4) is 11.5 Å². The third-order valence-electron chi connectivity index (χ3n) is 9.28. The van der Waals surface area contributed by atoms with Crippen molar-refractivity contribution in [3.63, 3.8) is 0 Å². The van der Waals surface area contributed by atoms with E-state index in [2.05, 4.69) is 57.4 Å². The van der Waals surface area contributed by atoms with Crippen molar-refractivity contribution in [1.82, 2.24) is 10.4 Å². The summed E-state index contributed by atoms with van der Waals surface area (Å²) in [5.41, 5.74) is 4.08. The van der Waals surface area contributed by atoms with Gasteiger partial charge in [-0.15, -0.1) is 0 Å². The molecule has 1 N–H and O–H groups in total. The second-order valence-corrected chi connectivity index (χ2v) is 15.5. The van der Waals surface area contributed by atoms with Crippen LogP contribution in [0.1, 0.15) is 92.7 Å². The fraction of sp³-hybridized carbons (Fsp3) is 0.675. The van der Waals surface area contributed by atoms with E-state index >= 15 is 0 Å². The SMILES string of the molecule is COCCCOc1cc(C[C@@H](CC2C(C[C@H](COCc3ccccc3)C(C)C)OC(C)(C)N2NC(=O)OC(C)(C)C)C(C)C)ccc1OC. The summed E-state index contributed by atoms with van der Waals surface area (Å²) in [5, 5.41) is 2.00. The number of rotatable bonds is 19. The molecule has 9 heteroatoms. The Morgan fingerprint density at radius 3 is 2.22 bits per heavy atom. The molecular formula is C40H64N2O7. The summed E-state index contributed by atoms with van der Waals surface area (Å²) < 4.78 is 35.7. The molecular weight excluding hydrogens is 620 g/mol. The summed E-state index contributed by atoms with van der Waals surface area (Å²) in [6.45, 7) is 21.1. The molecule has 2 aromatic rings. The summed E-state index contributed by atoms with van der Waals surface area (Å²) in [7, 11) is 3.36. The number of amides is 1. The largest absolute Gasteiger partial charge is 0.493 e. The smallest absolute Gasteiger partial charge is 0.422 e. The van der Waals surface area contributed by atoms with E-state index in [9.17, 15) is 4.79 Å². The minimum absolute atomic E-state index is 0.0895. The lowest BCUT2D eigenvalue weighted by atomic mass is 9.81. The predicted molar refractivity (Wildman–Crippen MR) is 195 cm³/mol. The van der Waals surface area contributed by atoms with Gasteiger partial charge in [-0.2, -0.15) is 5.01 Å². The standard InChI is InChI=1S/C40H64N2O7/c1-28(2)32(22-31-18-19-35(45-11)37(23-31)47-21-15-20-44-10)24-34-36(48-40(8,9)42(34)41-38(43)49-39(5,6)7)25-33(29(3)4)27-46-26-30-16-13-12-14-17-30/h12-14,16-19,23,28-29,32-34,36H,15,20-22,24-27H2,1-11H3,(H,41,43)/t32-,33+,34?,36?/m0/s1. The molecule has 1 saturated heterocycles. The van der Waals surface area contributed by atoms with Gasteiger partial charge < -0.3 is 28.4 Å². The first-order valence-corrected chi connectivity index (χ1v) is 18.0. The molecule has 9 nitrogen and oxygen atoms in total. The number of hydrazine groups is 1. The van der Waals surface area contributed by atoms with E-state index in [4.69, 9.17) is 28.4 Å². The number of benzene rings is 2. The maximum Gasteiger partial charge on any atom is 0.422 e. The maximum absolute atomic E-state index is 13.2. The fourth-order valence-corrected chi connectivity index (χ4v) is 6.43. The molecule has 1 aliphatic heterocycles. The quantitative estimate of drug-likeness (QED) is 0.148. The van der Waals surface area contributed by atoms with Crippen LogP contribution in [-0.2, 0) is 32.0 Å². The molecule has 0 saturated carbocycles. The zero-order valence-electron chi connectivity index (χ0n) is 32.0. The van der Waals surface area contributed by atoms with Crippen LogP contribution < -0.4 is 14.9 Å². The Balaban J connectivity index is 1.87. The van der Waals surface area contributed by atoms with Gasteiger partial charge in [0.25, 0.3) is 0 Å². The summed E-state index contributed by atoms with van der Waals surface area (Å²) in [5.74, 6) is 2.77. The molecule has 0 radical (unpaired) electrons. The molecule has 3 rings (SSSR count). The molecule has 49 heavy (non-hydrogen) atoms. The van der Waals surface area contributed by atoms with Gasteiger partial charge in [0.1, 0.15) is 11.3 Å². The average molecular weight is 685 g/mol. The lowest BCUT2D eigenvalue weighted by Gasteiger charge is -2.36. The van der Waals surface area contributed by atoms with Crippen LogP contribution in [0.2, 0.25) is 0 Å². The molecule has 2 unspecified atom stereocenters. The van der Waals surface area contributed by atoms with Gasteiger partial charge in [-0.3, -0.25) is 5.43 Å². The summed E-state index contributed by atoms with van der Waals surface area (Å²) in [4.78, 5) is 13.2. The monoisotopic (exact) mass is 684 g/mol. The average Bonchev–Trinajstić information content (AvgIpc) is 3.25. The topological polar surface area (TPSA) is 87.7 Å². The van der Waals surface area contributed by atoms with Crippen molar-refractivity contribution in [3.05, 3.63) is 59.7 Å². The van der Waals surface area contributed by atoms with Crippen molar-refractivity contribution in [2.45, 2.75) is 118 Å². The van der Waals surface area contributed by atoms with Gasteiger partial charge in [-0.05, 0) is 101 Å². The first-order chi connectivity index (χ1) is 23.1. The van der Waals surface area contributed by atoms with Crippen LogP contribution in [-0.4, -0.2) is 68.6 Å². The molecule has 2 aromatic carbocycles. The number of nitrogens with one attached hydrogen (secondary N) is 1. The van der Waals surface area contributed by atoms with Crippen molar-refractivity contribution >= 4 is 6.09 Å². The molecule has 0 aromatic heterocycles. The molecule has 1 fully saturated rings. The van der Waals surface area contributed by atoms with Gasteiger partial charge in [-0.1, -0.05) is 64.1 Å². The van der Waals surface area contributed by atoms with Crippen molar-refractivity contribution in [2.75, 3.05) is 34.0 Å². The Morgan fingerprint density at radius 2 is 1.61 bits per heavy atom. The van der Waals surface area contributed by atoms with Gasteiger partial charge in [0.15, 0.2) is 11.5 Å². The van der Waals surface area contributed by atoms with Gasteiger partial charge in [-0.25, -0.2) is 4.79 Å². The van der Waals surface area contributed by atoms with Crippen LogP contribution in [0.25, 0.3) is 0 Å². The minimum Gasteiger partial charge on any atom is -0.493 e. The molecule has 1 amide bonds. The number of carbonyl (C=O) groups excluding carboxylic acids is 1. The van der Waals surface area contributed by atoms with Crippen LogP contribution >= 0.6 is 0 Å². The number of ether oxygens (including phenoxy) is 6. The predicted octanol–water partition coefficient (Wildman–Crippen LogP) is 8.44. The Kier molecular flexibility index (Phi) is 15.7. The second kappa shape index (κ2) is 18.9. The molecule has 276 valence electrons. The molecule has 0 spiro atoms.